The molecule has 0 aromatic carbocycles. The smallest absolute Gasteiger partial charge is 0.260 e. The van der Waals surface area contributed by atoms with Gasteiger partial charge in [-0.15, -0.1) is 0 Å². The maximum Gasteiger partial charge on any atom is 0.260 e. The van der Waals surface area contributed by atoms with Gasteiger partial charge in [0.25, 0.3) is 5.92 Å². The molecular formula is C14H29F2N. The summed E-state index contributed by atoms with van der Waals surface area (Å²) < 4.78 is 25.6. The first kappa shape index (κ1) is 16.8. The first-order chi connectivity index (χ1) is 8.12. The molecule has 0 rings (SSSR count). The van der Waals surface area contributed by atoms with Crippen molar-refractivity contribution in [3.63, 3.8) is 0 Å². The molecular weight excluding hydrogens is 220 g/mol. The average Bonchev–Trinajstić information content (AvgIpc) is 2.31. The van der Waals surface area contributed by atoms with Gasteiger partial charge < -0.3 is 5.73 Å². The number of nitrogens with two attached hydrogens (primary N) is 1. The van der Waals surface area contributed by atoms with Crippen LogP contribution in [0.3, 0.4) is 0 Å². The van der Waals surface area contributed by atoms with Gasteiger partial charge in [-0.3, -0.25) is 0 Å². The minimum absolute atomic E-state index is 0.0417. The van der Waals surface area contributed by atoms with Crippen molar-refractivity contribution < 1.29 is 8.78 Å². The van der Waals surface area contributed by atoms with Crippen LogP contribution in [0.4, 0.5) is 8.78 Å². The normalized spacial score (nSPS) is 12.0. The average molecular weight is 249 g/mol. The summed E-state index contributed by atoms with van der Waals surface area (Å²) in [7, 11) is 0. The van der Waals surface area contributed by atoms with Crippen LogP contribution in [-0.2, 0) is 0 Å². The summed E-state index contributed by atoms with van der Waals surface area (Å²) in [5, 5.41) is 0. The van der Waals surface area contributed by atoms with Crippen molar-refractivity contribution in [2.75, 3.05) is 6.54 Å². The van der Waals surface area contributed by atoms with E-state index in [9.17, 15) is 8.78 Å². The van der Waals surface area contributed by atoms with E-state index in [0.29, 0.717) is 6.42 Å². The molecule has 0 fully saturated rings. The van der Waals surface area contributed by atoms with Crippen molar-refractivity contribution in [1.82, 2.24) is 0 Å². The summed E-state index contributed by atoms with van der Waals surface area (Å²) in [6.45, 7) is 1.71. The molecule has 0 spiro atoms. The van der Waals surface area contributed by atoms with Gasteiger partial charge in [-0.25, -0.2) is 8.78 Å². The van der Waals surface area contributed by atoms with E-state index in [1.807, 2.05) is 0 Å². The molecule has 0 aliphatic rings. The predicted octanol–water partition coefficient (Wildman–Crippen LogP) is 4.89. The Labute approximate surface area is 105 Å². The molecule has 0 radical (unpaired) electrons. The van der Waals surface area contributed by atoms with Gasteiger partial charge in [0.2, 0.25) is 0 Å². The molecule has 0 saturated heterocycles. The highest BCUT2D eigenvalue weighted by Gasteiger charge is 2.25. The molecule has 104 valence electrons. The van der Waals surface area contributed by atoms with Gasteiger partial charge in [0.15, 0.2) is 0 Å². The molecule has 0 aliphatic heterocycles. The maximum atomic E-state index is 12.8. The second kappa shape index (κ2) is 10.9. The third-order valence-corrected chi connectivity index (χ3v) is 3.19. The van der Waals surface area contributed by atoms with E-state index in [4.69, 9.17) is 5.73 Å². The Morgan fingerprint density at radius 3 is 1.59 bits per heavy atom. The molecule has 0 amide bonds. The van der Waals surface area contributed by atoms with E-state index in [-0.39, 0.29) is 6.42 Å². The SMILES string of the molecule is CCCCCCCCCCCCC(F)(F)CN. The standard InChI is InChI=1S/C14H29F2N/c1-2-3-4-5-6-7-8-9-10-11-12-14(15,16)13-17/h2-13,17H2,1H3. The molecule has 0 heterocycles. The van der Waals surface area contributed by atoms with Crippen molar-refractivity contribution in [2.45, 2.75) is 83.5 Å². The highest BCUT2D eigenvalue weighted by molar-refractivity contribution is 4.66. The third-order valence-electron chi connectivity index (χ3n) is 3.19. The van der Waals surface area contributed by atoms with Crippen LogP contribution in [-0.4, -0.2) is 12.5 Å². The van der Waals surface area contributed by atoms with E-state index in [2.05, 4.69) is 6.92 Å². The number of hydrogen-bond acceptors (Lipinski definition) is 1. The van der Waals surface area contributed by atoms with Crippen molar-refractivity contribution >= 4 is 0 Å². The zero-order chi connectivity index (χ0) is 13.0. The highest BCUT2D eigenvalue weighted by atomic mass is 19.3. The van der Waals surface area contributed by atoms with E-state index in [0.717, 1.165) is 12.8 Å². The molecule has 0 saturated carbocycles. The van der Waals surface area contributed by atoms with Gasteiger partial charge in [0, 0.05) is 6.42 Å². The molecule has 0 unspecified atom stereocenters. The number of halogens is 2. The third kappa shape index (κ3) is 12.1. The lowest BCUT2D eigenvalue weighted by molar-refractivity contribution is -0.000349. The van der Waals surface area contributed by atoms with Gasteiger partial charge >= 0.3 is 0 Å². The molecule has 1 nitrogen and oxygen atoms in total. The summed E-state index contributed by atoms with van der Waals surface area (Å²) in [4.78, 5) is 0. The van der Waals surface area contributed by atoms with E-state index in [1.165, 1.54) is 44.9 Å². The first-order valence-corrected chi connectivity index (χ1v) is 7.20. The summed E-state index contributed by atoms with van der Waals surface area (Å²) in [6.07, 6.45) is 11.6. The largest absolute Gasteiger partial charge is 0.325 e. The molecule has 0 atom stereocenters. The molecule has 3 heteroatoms. The summed E-state index contributed by atoms with van der Waals surface area (Å²) in [6, 6.07) is 0. The second-order valence-corrected chi connectivity index (χ2v) is 4.99. The fraction of sp³-hybridized carbons (Fsp3) is 1.00. The Morgan fingerprint density at radius 1 is 0.765 bits per heavy atom. The monoisotopic (exact) mass is 249 g/mol. The molecule has 0 aromatic rings. The van der Waals surface area contributed by atoms with Crippen LogP contribution in [0.15, 0.2) is 0 Å². The van der Waals surface area contributed by atoms with Crippen LogP contribution in [0, 0.1) is 0 Å². The lowest BCUT2D eigenvalue weighted by Gasteiger charge is -2.12. The molecule has 0 aliphatic carbocycles. The highest BCUT2D eigenvalue weighted by Crippen LogP contribution is 2.20. The Hall–Kier alpha value is -0.180. The Morgan fingerprint density at radius 2 is 1.18 bits per heavy atom. The number of rotatable bonds is 12. The van der Waals surface area contributed by atoms with Crippen LogP contribution in [0.1, 0.15) is 77.6 Å². The molecule has 2 N–H and O–H groups in total. The molecule has 0 bridgehead atoms. The number of alkyl halides is 2. The summed E-state index contributed by atoms with van der Waals surface area (Å²) in [5.41, 5.74) is 4.98. The quantitative estimate of drug-likeness (QED) is 0.489. The second-order valence-electron chi connectivity index (χ2n) is 4.99. The van der Waals surface area contributed by atoms with Crippen molar-refractivity contribution in [3.05, 3.63) is 0 Å². The Balaban J connectivity index is 3.09. The van der Waals surface area contributed by atoms with Gasteiger partial charge in [-0.2, -0.15) is 0 Å². The zero-order valence-electron chi connectivity index (χ0n) is 11.3. The van der Waals surface area contributed by atoms with Crippen LogP contribution >= 0.6 is 0 Å². The van der Waals surface area contributed by atoms with Crippen LogP contribution < -0.4 is 5.73 Å². The predicted molar refractivity (Wildman–Crippen MR) is 70.5 cm³/mol. The van der Waals surface area contributed by atoms with Crippen molar-refractivity contribution in [1.29, 1.82) is 0 Å². The van der Waals surface area contributed by atoms with Gasteiger partial charge in [0.1, 0.15) is 0 Å². The van der Waals surface area contributed by atoms with Crippen molar-refractivity contribution in [3.8, 4) is 0 Å². The van der Waals surface area contributed by atoms with E-state index < -0.39 is 12.5 Å². The fourth-order valence-electron chi connectivity index (χ4n) is 1.97. The van der Waals surface area contributed by atoms with E-state index >= 15 is 0 Å². The van der Waals surface area contributed by atoms with Gasteiger partial charge in [-0.1, -0.05) is 64.7 Å². The fourth-order valence-corrected chi connectivity index (χ4v) is 1.97. The molecule has 17 heavy (non-hydrogen) atoms. The minimum atomic E-state index is -2.64. The first-order valence-electron chi connectivity index (χ1n) is 7.20. The van der Waals surface area contributed by atoms with Crippen LogP contribution in [0.2, 0.25) is 0 Å². The Bertz CT molecular complexity index is 160. The Kier molecular flexibility index (Phi) is 10.8. The van der Waals surface area contributed by atoms with Crippen molar-refractivity contribution in [2.24, 2.45) is 5.73 Å². The van der Waals surface area contributed by atoms with Crippen LogP contribution in [0.5, 0.6) is 0 Å². The lowest BCUT2D eigenvalue weighted by atomic mass is 10.0. The topological polar surface area (TPSA) is 26.0 Å². The number of hydrogen-bond donors (Lipinski definition) is 1. The summed E-state index contributed by atoms with van der Waals surface area (Å²) >= 11 is 0. The van der Waals surface area contributed by atoms with E-state index in [1.54, 1.807) is 0 Å². The minimum Gasteiger partial charge on any atom is -0.325 e. The number of unbranched alkanes of at least 4 members (excludes halogenated alkanes) is 9. The van der Waals surface area contributed by atoms with Gasteiger partial charge in [-0.05, 0) is 6.42 Å². The maximum absolute atomic E-state index is 12.8. The lowest BCUT2D eigenvalue weighted by Crippen LogP contribution is -2.27. The van der Waals surface area contributed by atoms with Gasteiger partial charge in [0.05, 0.1) is 6.54 Å². The van der Waals surface area contributed by atoms with Crippen LogP contribution in [0.25, 0.3) is 0 Å². The summed E-state index contributed by atoms with van der Waals surface area (Å²) in [5.74, 6) is -2.64. The zero-order valence-corrected chi connectivity index (χ0v) is 11.3. The molecule has 0 aromatic heterocycles.